The van der Waals surface area contributed by atoms with Crippen LogP contribution in [0, 0.1) is 13.8 Å². The Morgan fingerprint density at radius 1 is 0.939 bits per heavy atom. The molecule has 5 rings (SSSR count). The number of amides is 1. The Hall–Kier alpha value is -3.57. The maximum Gasteiger partial charge on any atom is 0.257 e. The number of hydrogen-bond acceptors (Lipinski definition) is 4. The highest BCUT2D eigenvalue weighted by Crippen LogP contribution is 2.25. The van der Waals surface area contributed by atoms with Crippen LogP contribution in [0.1, 0.15) is 39.9 Å². The Morgan fingerprint density at radius 3 is 2.45 bits per heavy atom. The average molecular weight is 437 g/mol. The molecular weight excluding hydrogens is 408 g/mol. The van der Waals surface area contributed by atoms with E-state index in [0.717, 1.165) is 40.0 Å². The second-order valence-electron chi connectivity index (χ2n) is 8.94. The number of nitrogens with zero attached hydrogens (tertiary/aromatic N) is 3. The van der Waals surface area contributed by atoms with E-state index in [0.29, 0.717) is 5.56 Å². The highest BCUT2D eigenvalue weighted by molar-refractivity contribution is 6.05. The fraction of sp³-hybridized carbons (Fsp3) is 0.250. The number of carbonyl (C=O) groups excluding carboxylic acids is 1. The van der Waals surface area contributed by atoms with E-state index in [1.54, 1.807) is 6.20 Å². The summed E-state index contributed by atoms with van der Waals surface area (Å²) in [7, 11) is 0. The lowest BCUT2D eigenvalue weighted by atomic mass is 10.1. The molecule has 1 fully saturated rings. The molecule has 0 aliphatic carbocycles. The molecular formula is C28H28N4O. The van der Waals surface area contributed by atoms with Crippen LogP contribution in [-0.4, -0.2) is 33.9 Å². The lowest BCUT2D eigenvalue weighted by Gasteiger charge is -2.15. The SMILES string of the molecule is Cc1ccc(-c2ccc(C(=O)Nc3cc4ncc(CN5CCCC5)cc4cc3C)cn2)cc1. The van der Waals surface area contributed by atoms with Crippen LogP contribution in [0.3, 0.4) is 0 Å². The predicted molar refractivity (Wildman–Crippen MR) is 133 cm³/mol. The number of hydrogen-bond donors (Lipinski definition) is 1. The van der Waals surface area contributed by atoms with Gasteiger partial charge in [0.15, 0.2) is 0 Å². The third-order valence-electron chi connectivity index (χ3n) is 6.31. The van der Waals surface area contributed by atoms with Gasteiger partial charge < -0.3 is 5.32 Å². The Morgan fingerprint density at radius 2 is 1.73 bits per heavy atom. The van der Waals surface area contributed by atoms with Gasteiger partial charge in [-0.15, -0.1) is 0 Å². The molecule has 0 radical (unpaired) electrons. The molecule has 5 heteroatoms. The van der Waals surface area contributed by atoms with E-state index in [4.69, 9.17) is 0 Å². The molecule has 3 heterocycles. The number of fused-ring (bicyclic) bond motifs is 1. The second-order valence-corrected chi connectivity index (χ2v) is 8.94. The first-order valence-electron chi connectivity index (χ1n) is 11.5. The molecule has 1 amide bonds. The highest BCUT2D eigenvalue weighted by Gasteiger charge is 2.14. The Labute approximate surface area is 194 Å². The summed E-state index contributed by atoms with van der Waals surface area (Å²) in [6.45, 7) is 7.36. The first kappa shape index (κ1) is 21.3. The average Bonchev–Trinajstić information content (AvgIpc) is 3.33. The van der Waals surface area contributed by atoms with Crippen LogP contribution < -0.4 is 5.32 Å². The van der Waals surface area contributed by atoms with Crippen molar-refractivity contribution < 1.29 is 4.79 Å². The molecule has 1 N–H and O–H groups in total. The molecule has 2 aromatic carbocycles. The van der Waals surface area contributed by atoms with E-state index in [-0.39, 0.29) is 5.91 Å². The van der Waals surface area contributed by atoms with Gasteiger partial charge >= 0.3 is 0 Å². The van der Waals surface area contributed by atoms with Crippen LogP contribution >= 0.6 is 0 Å². The number of anilines is 1. The van der Waals surface area contributed by atoms with Gasteiger partial charge in [0.05, 0.1) is 16.8 Å². The Bertz CT molecular complexity index is 1290. The van der Waals surface area contributed by atoms with Crippen molar-refractivity contribution in [3.63, 3.8) is 0 Å². The molecule has 0 unspecified atom stereocenters. The molecule has 0 saturated carbocycles. The molecule has 1 aliphatic rings. The first-order valence-corrected chi connectivity index (χ1v) is 11.5. The van der Waals surface area contributed by atoms with E-state index in [2.05, 4.69) is 51.4 Å². The van der Waals surface area contributed by atoms with Crippen LogP contribution in [0.15, 0.2) is 67.0 Å². The summed E-state index contributed by atoms with van der Waals surface area (Å²) in [5.41, 5.74) is 7.52. The van der Waals surface area contributed by atoms with Gasteiger partial charge in [-0.05, 0) is 81.2 Å². The number of aromatic nitrogens is 2. The van der Waals surface area contributed by atoms with Gasteiger partial charge in [-0.1, -0.05) is 29.8 Å². The van der Waals surface area contributed by atoms with E-state index in [9.17, 15) is 4.79 Å². The summed E-state index contributed by atoms with van der Waals surface area (Å²) in [5, 5.41) is 4.13. The van der Waals surface area contributed by atoms with Crippen molar-refractivity contribution in [2.45, 2.75) is 33.2 Å². The van der Waals surface area contributed by atoms with Crippen LogP contribution in [-0.2, 0) is 6.54 Å². The number of rotatable bonds is 5. The minimum absolute atomic E-state index is 0.175. The highest BCUT2D eigenvalue weighted by atomic mass is 16.1. The van der Waals surface area contributed by atoms with E-state index < -0.39 is 0 Å². The standard InChI is InChI=1S/C28H28N4O/c1-19-5-7-22(8-6-19)25-10-9-23(17-30-25)28(33)31-26-15-27-24(13-20(26)2)14-21(16-29-27)18-32-11-3-4-12-32/h5-10,13-17H,3-4,11-12,18H2,1-2H3,(H,31,33). The summed E-state index contributed by atoms with van der Waals surface area (Å²) in [6, 6.07) is 18.2. The fourth-order valence-corrected chi connectivity index (χ4v) is 4.37. The topological polar surface area (TPSA) is 58.1 Å². The molecule has 166 valence electrons. The van der Waals surface area contributed by atoms with E-state index in [1.165, 1.54) is 37.1 Å². The van der Waals surface area contributed by atoms with Crippen LogP contribution in [0.25, 0.3) is 22.2 Å². The molecule has 2 aromatic heterocycles. The molecule has 0 spiro atoms. The number of benzene rings is 2. The number of likely N-dealkylation sites (tertiary alicyclic amines) is 1. The minimum atomic E-state index is -0.175. The maximum atomic E-state index is 12.9. The van der Waals surface area contributed by atoms with Crippen molar-refractivity contribution in [2.75, 3.05) is 18.4 Å². The smallest absolute Gasteiger partial charge is 0.257 e. The summed E-state index contributed by atoms with van der Waals surface area (Å²) >= 11 is 0. The first-order chi connectivity index (χ1) is 16.0. The molecule has 0 atom stereocenters. The predicted octanol–water partition coefficient (Wildman–Crippen LogP) is 5.76. The lowest BCUT2D eigenvalue weighted by molar-refractivity contribution is 0.102. The van der Waals surface area contributed by atoms with E-state index >= 15 is 0 Å². The third-order valence-corrected chi connectivity index (χ3v) is 6.31. The number of carbonyl (C=O) groups is 1. The molecule has 5 nitrogen and oxygen atoms in total. The van der Waals surface area contributed by atoms with Gasteiger partial charge in [0, 0.05) is 35.6 Å². The molecule has 0 bridgehead atoms. The molecule has 1 aliphatic heterocycles. The summed E-state index contributed by atoms with van der Waals surface area (Å²) in [6.07, 6.45) is 6.15. The normalized spacial score (nSPS) is 14.0. The number of aryl methyl sites for hydroxylation is 2. The lowest BCUT2D eigenvalue weighted by Crippen LogP contribution is -2.18. The number of nitrogens with one attached hydrogen (secondary N) is 1. The van der Waals surface area contributed by atoms with Crippen LogP contribution in [0.5, 0.6) is 0 Å². The maximum absolute atomic E-state index is 12.9. The summed E-state index contributed by atoms with van der Waals surface area (Å²) < 4.78 is 0. The van der Waals surface area contributed by atoms with Crippen LogP contribution in [0.4, 0.5) is 5.69 Å². The largest absolute Gasteiger partial charge is 0.322 e. The van der Waals surface area contributed by atoms with E-state index in [1.807, 2.05) is 43.5 Å². The zero-order chi connectivity index (χ0) is 22.8. The Balaban J connectivity index is 1.32. The molecule has 33 heavy (non-hydrogen) atoms. The zero-order valence-electron chi connectivity index (χ0n) is 19.1. The number of pyridine rings is 2. The van der Waals surface area contributed by atoms with Crippen molar-refractivity contribution in [1.82, 2.24) is 14.9 Å². The quantitative estimate of drug-likeness (QED) is 0.432. The van der Waals surface area contributed by atoms with Crippen molar-refractivity contribution in [3.05, 3.63) is 89.2 Å². The van der Waals surface area contributed by atoms with Gasteiger partial charge in [-0.25, -0.2) is 0 Å². The fourth-order valence-electron chi connectivity index (χ4n) is 4.37. The van der Waals surface area contributed by atoms with Gasteiger partial charge in [0.1, 0.15) is 0 Å². The molecule has 1 saturated heterocycles. The zero-order valence-corrected chi connectivity index (χ0v) is 19.1. The van der Waals surface area contributed by atoms with Crippen molar-refractivity contribution in [1.29, 1.82) is 0 Å². The molecule has 4 aromatic rings. The van der Waals surface area contributed by atoms with Gasteiger partial charge in [-0.2, -0.15) is 0 Å². The van der Waals surface area contributed by atoms with Crippen LogP contribution in [0.2, 0.25) is 0 Å². The van der Waals surface area contributed by atoms with Crippen molar-refractivity contribution >= 4 is 22.5 Å². The van der Waals surface area contributed by atoms with Gasteiger partial charge in [0.2, 0.25) is 0 Å². The second kappa shape index (κ2) is 9.12. The van der Waals surface area contributed by atoms with Crippen molar-refractivity contribution in [3.8, 4) is 11.3 Å². The summed E-state index contributed by atoms with van der Waals surface area (Å²) in [5.74, 6) is -0.175. The minimum Gasteiger partial charge on any atom is -0.322 e. The van der Waals surface area contributed by atoms with Gasteiger partial charge in [0.25, 0.3) is 5.91 Å². The monoisotopic (exact) mass is 436 g/mol. The van der Waals surface area contributed by atoms with Crippen molar-refractivity contribution in [2.24, 2.45) is 0 Å². The third kappa shape index (κ3) is 4.78. The van der Waals surface area contributed by atoms with Gasteiger partial charge in [-0.3, -0.25) is 19.7 Å². The Kier molecular flexibility index (Phi) is 5.88. The summed E-state index contributed by atoms with van der Waals surface area (Å²) in [4.78, 5) is 24.5.